The van der Waals surface area contributed by atoms with Gasteiger partial charge in [0.25, 0.3) is 0 Å². The number of hydrogen-bond acceptors (Lipinski definition) is 7. The molecule has 2 heterocycles. The molecule has 1 aliphatic heterocycles. The van der Waals surface area contributed by atoms with Crippen molar-refractivity contribution in [2.75, 3.05) is 25.0 Å². The van der Waals surface area contributed by atoms with Crippen molar-refractivity contribution in [3.05, 3.63) is 34.2 Å². The summed E-state index contributed by atoms with van der Waals surface area (Å²) in [4.78, 5) is 49.5. The van der Waals surface area contributed by atoms with Gasteiger partial charge >= 0.3 is 18.0 Å². The Morgan fingerprint density at radius 2 is 1.94 bits per heavy atom. The molecule has 0 radical (unpaired) electrons. The summed E-state index contributed by atoms with van der Waals surface area (Å²) in [5.74, 6) is -3.47. The molecule has 0 bridgehead atoms. The molecule has 3 rings (SSSR count). The van der Waals surface area contributed by atoms with Crippen LogP contribution in [0.25, 0.3) is 10.4 Å². The van der Waals surface area contributed by atoms with Crippen LogP contribution in [-0.2, 0) is 14.3 Å². The van der Waals surface area contributed by atoms with Crippen LogP contribution in [0.4, 0.5) is 10.5 Å². The molecule has 194 valence electrons. The van der Waals surface area contributed by atoms with E-state index in [0.717, 1.165) is 11.3 Å². The fraction of sp³-hybridized carbons (Fsp3) is 0.417. The van der Waals surface area contributed by atoms with E-state index in [4.69, 9.17) is 26.2 Å². The van der Waals surface area contributed by atoms with Crippen molar-refractivity contribution in [1.29, 1.82) is 0 Å². The van der Waals surface area contributed by atoms with E-state index in [2.05, 4.69) is 5.32 Å². The van der Waals surface area contributed by atoms with Crippen LogP contribution in [0.2, 0.25) is 5.02 Å². The Bertz CT molecular complexity index is 1170. The normalized spacial score (nSPS) is 15.8. The van der Waals surface area contributed by atoms with Crippen LogP contribution in [0.3, 0.4) is 0 Å². The van der Waals surface area contributed by atoms with Crippen molar-refractivity contribution in [3.8, 4) is 16.2 Å². The molecule has 2 aromatic rings. The molecule has 0 saturated carbocycles. The molecule has 3 N–H and O–H groups in total. The summed E-state index contributed by atoms with van der Waals surface area (Å²) in [6.45, 7) is 5.37. The number of rotatable bonds is 7. The van der Waals surface area contributed by atoms with Crippen molar-refractivity contribution in [2.24, 2.45) is 5.92 Å². The number of likely N-dealkylation sites (tertiary alicyclic amines) is 1. The average Bonchev–Trinajstić information content (AvgIpc) is 3.13. The quantitative estimate of drug-likeness (QED) is 0.455. The molecular formula is C24H27ClN2O8S. The number of carbonyl (C=O) groups excluding carboxylic acids is 2. The van der Waals surface area contributed by atoms with Crippen LogP contribution in [-0.4, -0.2) is 64.3 Å². The minimum absolute atomic E-state index is 0.0255. The van der Waals surface area contributed by atoms with E-state index < -0.39 is 36.2 Å². The lowest BCUT2D eigenvalue weighted by atomic mass is 9.97. The lowest BCUT2D eigenvalue weighted by Gasteiger charge is -2.33. The Balaban J connectivity index is 1.76. The Morgan fingerprint density at radius 3 is 2.58 bits per heavy atom. The van der Waals surface area contributed by atoms with E-state index >= 15 is 0 Å². The number of piperidine rings is 1. The van der Waals surface area contributed by atoms with Crippen LogP contribution in [0.15, 0.2) is 24.3 Å². The highest BCUT2D eigenvalue weighted by atomic mass is 35.5. The standard InChI is InChI=1S/C24H27ClN2O8S/c1-24(2,3)35-23(33)27-9-5-7-14(11-27)21(30)26-15-8-4-6-13(10-15)19-17(25)18(34-12-16(28)29)20(36-19)22(31)32/h4,6,8,10,14H,5,7,9,11-12H2,1-3H3,(H,26,30)(H,28,29)(H,31,32). The third-order valence-corrected chi connectivity index (χ3v) is 6.86. The minimum Gasteiger partial charge on any atom is -0.479 e. The predicted molar refractivity (Wildman–Crippen MR) is 134 cm³/mol. The molecular weight excluding hydrogens is 512 g/mol. The molecule has 1 atom stereocenters. The number of ether oxygens (including phenoxy) is 2. The minimum atomic E-state index is -1.30. The molecule has 10 nitrogen and oxygen atoms in total. The number of aromatic carboxylic acids is 1. The number of aliphatic carboxylic acids is 1. The van der Waals surface area contributed by atoms with Crippen LogP contribution in [0.5, 0.6) is 5.75 Å². The summed E-state index contributed by atoms with van der Waals surface area (Å²) < 4.78 is 10.5. The monoisotopic (exact) mass is 538 g/mol. The highest BCUT2D eigenvalue weighted by Crippen LogP contribution is 2.46. The Hall–Kier alpha value is -3.31. The van der Waals surface area contributed by atoms with Crippen LogP contribution in [0.1, 0.15) is 43.3 Å². The van der Waals surface area contributed by atoms with Gasteiger partial charge in [0.1, 0.15) is 10.6 Å². The predicted octanol–water partition coefficient (Wildman–Crippen LogP) is 4.82. The molecule has 0 spiro atoms. The van der Waals surface area contributed by atoms with Gasteiger partial charge in [-0.15, -0.1) is 11.3 Å². The van der Waals surface area contributed by atoms with Gasteiger partial charge in [0.05, 0.1) is 10.8 Å². The summed E-state index contributed by atoms with van der Waals surface area (Å²) >= 11 is 7.20. The molecule has 1 aliphatic rings. The first-order chi connectivity index (χ1) is 16.9. The van der Waals surface area contributed by atoms with E-state index in [9.17, 15) is 24.3 Å². The number of hydrogen-bond donors (Lipinski definition) is 3. The number of carboxylic acid groups (broad SMARTS) is 2. The molecule has 36 heavy (non-hydrogen) atoms. The lowest BCUT2D eigenvalue weighted by Crippen LogP contribution is -2.45. The summed E-state index contributed by atoms with van der Waals surface area (Å²) in [6, 6.07) is 6.67. The van der Waals surface area contributed by atoms with E-state index in [1.54, 1.807) is 45.0 Å². The largest absolute Gasteiger partial charge is 0.479 e. The van der Waals surface area contributed by atoms with Crippen molar-refractivity contribution >= 4 is 52.6 Å². The number of anilines is 1. The van der Waals surface area contributed by atoms with Crippen LogP contribution >= 0.6 is 22.9 Å². The van der Waals surface area contributed by atoms with Gasteiger partial charge in [0, 0.05) is 18.8 Å². The molecule has 1 saturated heterocycles. The maximum Gasteiger partial charge on any atom is 0.410 e. The van der Waals surface area contributed by atoms with E-state index in [1.807, 2.05) is 0 Å². The topological polar surface area (TPSA) is 142 Å². The Kier molecular flexibility index (Phi) is 8.47. The third kappa shape index (κ3) is 6.88. The Morgan fingerprint density at radius 1 is 1.22 bits per heavy atom. The number of carbonyl (C=O) groups is 4. The van der Waals surface area contributed by atoms with Gasteiger partial charge in [-0.3, -0.25) is 4.79 Å². The zero-order valence-corrected chi connectivity index (χ0v) is 21.6. The number of thiophene rings is 1. The second-order valence-electron chi connectivity index (χ2n) is 9.23. The fourth-order valence-corrected chi connectivity index (χ4v) is 5.05. The molecule has 0 aliphatic carbocycles. The number of benzene rings is 1. The third-order valence-electron chi connectivity index (χ3n) is 5.18. The van der Waals surface area contributed by atoms with Crippen molar-refractivity contribution in [1.82, 2.24) is 4.90 Å². The van der Waals surface area contributed by atoms with E-state index in [1.165, 1.54) is 4.90 Å². The van der Waals surface area contributed by atoms with Gasteiger partial charge in [-0.2, -0.15) is 0 Å². The SMILES string of the molecule is CC(C)(C)OC(=O)N1CCCC(C(=O)Nc2cccc(-c3sc(C(=O)O)c(OCC(=O)O)c3Cl)c2)C1. The Labute approximate surface area is 216 Å². The summed E-state index contributed by atoms with van der Waals surface area (Å²) in [5, 5.41) is 21.2. The van der Waals surface area contributed by atoms with Crippen molar-refractivity contribution in [2.45, 2.75) is 39.2 Å². The summed E-state index contributed by atoms with van der Waals surface area (Å²) in [5.41, 5.74) is 0.352. The second-order valence-corrected chi connectivity index (χ2v) is 10.6. The molecule has 1 fully saturated rings. The van der Waals surface area contributed by atoms with Crippen molar-refractivity contribution < 1.29 is 38.9 Å². The smallest absolute Gasteiger partial charge is 0.410 e. The van der Waals surface area contributed by atoms with Gasteiger partial charge in [-0.05, 0) is 51.3 Å². The summed E-state index contributed by atoms with van der Waals surface area (Å²) in [6.07, 6.45) is 0.831. The molecule has 2 amide bonds. The van der Waals surface area contributed by atoms with E-state index in [-0.39, 0.29) is 28.1 Å². The molecule has 1 unspecified atom stereocenters. The van der Waals surface area contributed by atoms with Gasteiger partial charge in [-0.25, -0.2) is 14.4 Å². The van der Waals surface area contributed by atoms with Gasteiger partial charge < -0.3 is 29.9 Å². The zero-order valence-electron chi connectivity index (χ0n) is 20.0. The number of carboxylic acids is 2. The highest BCUT2D eigenvalue weighted by Gasteiger charge is 2.31. The van der Waals surface area contributed by atoms with Gasteiger partial charge in [0.15, 0.2) is 17.2 Å². The second kappa shape index (κ2) is 11.2. The molecule has 1 aromatic carbocycles. The zero-order chi connectivity index (χ0) is 26.6. The molecule has 1 aromatic heterocycles. The number of amides is 2. The number of halogens is 1. The first-order valence-electron chi connectivity index (χ1n) is 11.1. The highest BCUT2D eigenvalue weighted by molar-refractivity contribution is 7.18. The first kappa shape index (κ1) is 27.3. The maximum absolute atomic E-state index is 13.0. The molecule has 12 heteroatoms. The lowest BCUT2D eigenvalue weighted by molar-refractivity contribution is -0.139. The van der Waals surface area contributed by atoms with Crippen LogP contribution < -0.4 is 10.1 Å². The van der Waals surface area contributed by atoms with Crippen LogP contribution in [0, 0.1) is 5.92 Å². The number of nitrogens with one attached hydrogen (secondary N) is 1. The number of nitrogens with zero attached hydrogens (tertiary/aromatic N) is 1. The fourth-order valence-electron chi connectivity index (χ4n) is 3.65. The summed E-state index contributed by atoms with van der Waals surface area (Å²) in [7, 11) is 0. The van der Waals surface area contributed by atoms with Gasteiger partial charge in [0.2, 0.25) is 5.91 Å². The van der Waals surface area contributed by atoms with Crippen molar-refractivity contribution in [3.63, 3.8) is 0 Å². The maximum atomic E-state index is 13.0. The first-order valence-corrected chi connectivity index (χ1v) is 12.3. The van der Waals surface area contributed by atoms with E-state index in [0.29, 0.717) is 35.5 Å². The van der Waals surface area contributed by atoms with Gasteiger partial charge in [-0.1, -0.05) is 23.7 Å². The average molecular weight is 539 g/mol.